The number of carbonyl (C=O) groups excluding carboxylic acids is 1. The molecule has 0 spiro atoms. The lowest BCUT2D eigenvalue weighted by molar-refractivity contribution is 0.0860. The topological polar surface area (TPSA) is 93.2 Å². The van der Waals surface area contributed by atoms with Gasteiger partial charge in [0, 0.05) is 13.1 Å². The summed E-state index contributed by atoms with van der Waals surface area (Å²) in [7, 11) is 1.69. The van der Waals surface area contributed by atoms with Gasteiger partial charge in [-0.1, -0.05) is 0 Å². The molecule has 94 valence electrons. The molecule has 0 unspecified atom stereocenters. The van der Waals surface area contributed by atoms with Crippen molar-refractivity contribution in [3.05, 3.63) is 11.9 Å². The first-order valence-corrected chi connectivity index (χ1v) is 5.84. The number of hydrogen-bond acceptors (Lipinski definition) is 4. The molecule has 6 heteroatoms. The highest BCUT2D eigenvalue weighted by Crippen LogP contribution is 2.19. The van der Waals surface area contributed by atoms with Gasteiger partial charge in [-0.2, -0.15) is 5.10 Å². The number of anilines is 1. The van der Waals surface area contributed by atoms with Gasteiger partial charge in [0.1, 0.15) is 5.69 Å². The smallest absolute Gasteiger partial charge is 0.271 e. The lowest BCUT2D eigenvalue weighted by Crippen LogP contribution is -2.39. The summed E-state index contributed by atoms with van der Waals surface area (Å²) in [6, 6.07) is 0.125. The van der Waals surface area contributed by atoms with E-state index in [9.17, 15) is 9.90 Å². The number of aliphatic hydroxyl groups is 1. The van der Waals surface area contributed by atoms with Crippen LogP contribution in [0.25, 0.3) is 0 Å². The largest absolute Gasteiger partial charge is 0.396 e. The Hall–Kier alpha value is -1.56. The van der Waals surface area contributed by atoms with E-state index in [2.05, 4.69) is 10.4 Å². The number of nitrogens with one attached hydrogen (secondary N) is 1. The Kier molecular flexibility index (Phi) is 3.33. The number of nitrogen functional groups attached to an aromatic ring is 1. The normalized spacial score (nSPS) is 24.6. The Morgan fingerprint density at radius 2 is 2.18 bits per heavy atom. The molecule has 6 nitrogen and oxygen atoms in total. The molecular formula is C11H18N4O2. The number of hydrogen-bond donors (Lipinski definition) is 3. The van der Waals surface area contributed by atoms with E-state index >= 15 is 0 Å². The van der Waals surface area contributed by atoms with E-state index in [1.807, 2.05) is 0 Å². The lowest BCUT2D eigenvalue weighted by atomic mass is 9.93. The minimum atomic E-state index is -0.218. The van der Waals surface area contributed by atoms with Crippen LogP contribution in [0, 0.1) is 0 Å². The maximum Gasteiger partial charge on any atom is 0.271 e. The van der Waals surface area contributed by atoms with Crippen molar-refractivity contribution in [1.29, 1.82) is 0 Å². The third-order valence-electron chi connectivity index (χ3n) is 3.21. The van der Waals surface area contributed by atoms with Gasteiger partial charge in [0.2, 0.25) is 0 Å². The zero-order chi connectivity index (χ0) is 12.4. The molecule has 2 rings (SSSR count). The highest BCUT2D eigenvalue weighted by Gasteiger charge is 2.23. The highest BCUT2D eigenvalue weighted by atomic mass is 16.3. The van der Waals surface area contributed by atoms with E-state index < -0.39 is 0 Å². The van der Waals surface area contributed by atoms with E-state index in [0.29, 0.717) is 11.4 Å². The van der Waals surface area contributed by atoms with E-state index in [0.717, 1.165) is 25.7 Å². The molecule has 1 aromatic rings. The predicted octanol–water partition coefficient (Wildman–Crippen LogP) is 0.0356. The fraction of sp³-hybridized carbons (Fsp3) is 0.636. The predicted molar refractivity (Wildman–Crippen MR) is 63.3 cm³/mol. The molecule has 1 saturated carbocycles. The Labute approximate surface area is 99.8 Å². The van der Waals surface area contributed by atoms with Gasteiger partial charge in [-0.3, -0.25) is 9.48 Å². The summed E-state index contributed by atoms with van der Waals surface area (Å²) in [5, 5.41) is 16.3. The third-order valence-corrected chi connectivity index (χ3v) is 3.21. The number of aromatic nitrogens is 2. The maximum atomic E-state index is 12.0. The molecule has 1 aromatic heterocycles. The molecule has 4 N–H and O–H groups in total. The van der Waals surface area contributed by atoms with Crippen molar-refractivity contribution in [2.75, 3.05) is 5.73 Å². The zero-order valence-electron chi connectivity index (χ0n) is 9.89. The maximum absolute atomic E-state index is 12.0. The first-order chi connectivity index (χ1) is 8.08. The number of nitrogens with zero attached hydrogens (tertiary/aromatic N) is 2. The molecule has 1 amide bonds. The molecule has 0 saturated heterocycles. The fourth-order valence-corrected chi connectivity index (χ4v) is 2.21. The monoisotopic (exact) mass is 238 g/mol. The molecule has 17 heavy (non-hydrogen) atoms. The van der Waals surface area contributed by atoms with Crippen LogP contribution >= 0.6 is 0 Å². The first kappa shape index (κ1) is 11.9. The van der Waals surface area contributed by atoms with Gasteiger partial charge in [0.25, 0.3) is 5.91 Å². The van der Waals surface area contributed by atoms with Gasteiger partial charge in [0.15, 0.2) is 0 Å². The van der Waals surface area contributed by atoms with Crippen LogP contribution in [0.2, 0.25) is 0 Å². The molecule has 0 atom stereocenters. The molecule has 0 aliphatic heterocycles. The van der Waals surface area contributed by atoms with Crippen LogP contribution in [0.3, 0.4) is 0 Å². The van der Waals surface area contributed by atoms with Crippen molar-refractivity contribution >= 4 is 11.6 Å². The van der Waals surface area contributed by atoms with Gasteiger partial charge in [-0.15, -0.1) is 0 Å². The molecule has 1 aliphatic carbocycles. The number of carbonyl (C=O) groups is 1. The molecule has 0 radical (unpaired) electrons. The van der Waals surface area contributed by atoms with Gasteiger partial charge in [-0.25, -0.2) is 0 Å². The van der Waals surface area contributed by atoms with Gasteiger partial charge in [0.05, 0.1) is 18.0 Å². The summed E-state index contributed by atoms with van der Waals surface area (Å²) >= 11 is 0. The van der Waals surface area contributed by atoms with Crippen LogP contribution in [0.15, 0.2) is 6.20 Å². The average Bonchev–Trinajstić information content (AvgIpc) is 2.62. The molecular weight excluding hydrogens is 220 g/mol. The number of amides is 1. The third kappa shape index (κ3) is 2.58. The molecule has 0 bridgehead atoms. The van der Waals surface area contributed by atoms with E-state index in [4.69, 9.17) is 5.73 Å². The number of rotatable bonds is 2. The van der Waals surface area contributed by atoms with E-state index in [1.54, 1.807) is 7.05 Å². The van der Waals surface area contributed by atoms with Crippen molar-refractivity contribution < 1.29 is 9.90 Å². The number of nitrogens with two attached hydrogens (primary N) is 1. The summed E-state index contributed by atoms with van der Waals surface area (Å²) in [5.41, 5.74) is 6.47. The van der Waals surface area contributed by atoms with Crippen LogP contribution in [-0.4, -0.2) is 32.9 Å². The van der Waals surface area contributed by atoms with Gasteiger partial charge in [-0.05, 0) is 25.7 Å². The standard InChI is InChI=1S/C11H18N4O2/c1-15-10(9(12)6-13-15)11(17)14-7-2-4-8(16)5-3-7/h6-8,16H,2-5,12H2,1H3,(H,14,17). The lowest BCUT2D eigenvalue weighted by Gasteiger charge is -2.26. The zero-order valence-corrected chi connectivity index (χ0v) is 9.89. The second kappa shape index (κ2) is 4.75. The average molecular weight is 238 g/mol. The summed E-state index contributed by atoms with van der Waals surface area (Å²) in [5.74, 6) is -0.191. The van der Waals surface area contributed by atoms with Crippen LogP contribution in [-0.2, 0) is 7.05 Å². The summed E-state index contributed by atoms with van der Waals surface area (Å²) in [6.45, 7) is 0. The molecule has 1 aliphatic rings. The molecule has 1 heterocycles. The quantitative estimate of drug-likeness (QED) is 0.678. The van der Waals surface area contributed by atoms with E-state index in [1.165, 1.54) is 10.9 Å². The van der Waals surface area contributed by atoms with Crippen molar-refractivity contribution in [3.8, 4) is 0 Å². The fourth-order valence-electron chi connectivity index (χ4n) is 2.21. The van der Waals surface area contributed by atoms with Crippen LogP contribution in [0.4, 0.5) is 5.69 Å². The Morgan fingerprint density at radius 1 is 1.53 bits per heavy atom. The van der Waals surface area contributed by atoms with Crippen molar-refractivity contribution in [3.63, 3.8) is 0 Å². The first-order valence-electron chi connectivity index (χ1n) is 5.84. The van der Waals surface area contributed by atoms with E-state index in [-0.39, 0.29) is 18.1 Å². The Morgan fingerprint density at radius 3 is 2.71 bits per heavy atom. The van der Waals surface area contributed by atoms with Crippen LogP contribution in [0.5, 0.6) is 0 Å². The minimum absolute atomic E-state index is 0.125. The Balaban J connectivity index is 1.98. The SMILES string of the molecule is Cn1ncc(N)c1C(=O)NC1CCC(O)CC1. The molecule has 0 aromatic carbocycles. The number of aryl methyl sites for hydroxylation is 1. The van der Waals surface area contributed by atoms with Gasteiger partial charge >= 0.3 is 0 Å². The van der Waals surface area contributed by atoms with Gasteiger partial charge < -0.3 is 16.2 Å². The van der Waals surface area contributed by atoms with Crippen molar-refractivity contribution in [2.45, 2.75) is 37.8 Å². The molecule has 1 fully saturated rings. The summed E-state index contributed by atoms with van der Waals surface area (Å²) in [4.78, 5) is 12.0. The summed E-state index contributed by atoms with van der Waals surface area (Å²) in [6.07, 6.45) is 4.36. The van der Waals surface area contributed by atoms with Crippen LogP contribution in [0.1, 0.15) is 36.2 Å². The second-order valence-electron chi connectivity index (χ2n) is 4.55. The second-order valence-corrected chi connectivity index (χ2v) is 4.55. The van der Waals surface area contributed by atoms with Crippen LogP contribution < -0.4 is 11.1 Å². The minimum Gasteiger partial charge on any atom is -0.396 e. The van der Waals surface area contributed by atoms with Crippen molar-refractivity contribution in [2.24, 2.45) is 7.05 Å². The Bertz CT molecular complexity index is 388. The highest BCUT2D eigenvalue weighted by molar-refractivity contribution is 5.97. The summed E-state index contributed by atoms with van der Waals surface area (Å²) < 4.78 is 1.47. The van der Waals surface area contributed by atoms with Crippen molar-refractivity contribution in [1.82, 2.24) is 15.1 Å². The number of aliphatic hydroxyl groups excluding tert-OH is 1.